The number of ether oxygens (including phenoxy) is 1. The molecule has 0 aliphatic heterocycles. The van der Waals surface area contributed by atoms with Gasteiger partial charge in [-0.05, 0) is 43.0 Å². The number of hydrogen-bond donors (Lipinski definition) is 2. The van der Waals surface area contributed by atoms with Crippen LogP contribution in [-0.4, -0.2) is 38.6 Å². The molecule has 2 aromatic carbocycles. The van der Waals surface area contributed by atoms with E-state index in [0.717, 1.165) is 18.1 Å². The van der Waals surface area contributed by atoms with Gasteiger partial charge in [0, 0.05) is 31.6 Å². The number of nitrogens with zero attached hydrogens (tertiary/aromatic N) is 2. The van der Waals surface area contributed by atoms with E-state index < -0.39 is 30.2 Å². The fourth-order valence-electron chi connectivity index (χ4n) is 3.81. The maximum absolute atomic E-state index is 12.8. The number of aliphatic hydroxyl groups excluding tert-OH is 1. The third kappa shape index (κ3) is 7.11. The maximum atomic E-state index is 12.8. The second kappa shape index (κ2) is 11.4. The molecule has 1 unspecified atom stereocenters. The van der Waals surface area contributed by atoms with E-state index >= 15 is 0 Å². The quantitative estimate of drug-likeness (QED) is 0.352. The van der Waals surface area contributed by atoms with E-state index in [1.165, 1.54) is 25.1 Å². The number of carbonyl (C=O) groups is 2. The van der Waals surface area contributed by atoms with Crippen molar-refractivity contribution >= 4 is 23.3 Å². The first-order valence-electron chi connectivity index (χ1n) is 11.4. The molecule has 0 aliphatic carbocycles. The molecular formula is C26H27ClF3N3O4. The Morgan fingerprint density at radius 2 is 1.84 bits per heavy atom. The molecule has 37 heavy (non-hydrogen) atoms. The highest BCUT2D eigenvalue weighted by Gasteiger charge is 2.38. The number of imidazole rings is 1. The molecule has 1 heterocycles. The first kappa shape index (κ1) is 28.2. The van der Waals surface area contributed by atoms with Crippen molar-refractivity contribution in [1.29, 1.82) is 0 Å². The highest BCUT2D eigenvalue weighted by atomic mass is 35.5. The number of nitrogens with two attached hydrogens (primary N) is 1. The number of ketones is 1. The highest BCUT2D eigenvalue weighted by Crippen LogP contribution is 2.34. The molecule has 3 rings (SSSR count). The Kier molecular flexibility index (Phi) is 8.65. The Balaban J connectivity index is 1.69. The molecule has 1 amide bonds. The highest BCUT2D eigenvalue weighted by molar-refractivity contribution is 6.32. The number of aryl methyl sites for hydroxylation is 1. The number of hydrogen-bond acceptors (Lipinski definition) is 5. The molecule has 0 radical (unpaired) electrons. The van der Waals surface area contributed by atoms with Crippen LogP contribution < -0.4 is 10.5 Å². The summed E-state index contributed by atoms with van der Waals surface area (Å²) in [6, 6.07) is 11.2. The third-order valence-electron chi connectivity index (χ3n) is 5.94. The Morgan fingerprint density at radius 3 is 2.35 bits per heavy atom. The van der Waals surface area contributed by atoms with Gasteiger partial charge in [0.15, 0.2) is 17.7 Å². The molecule has 0 fully saturated rings. The van der Waals surface area contributed by atoms with Crippen LogP contribution in [0.25, 0.3) is 11.3 Å². The first-order chi connectivity index (χ1) is 17.3. The number of carbonyl (C=O) groups excluding carboxylic acids is 2. The van der Waals surface area contributed by atoms with Crippen LogP contribution >= 0.6 is 11.6 Å². The van der Waals surface area contributed by atoms with Gasteiger partial charge in [-0.3, -0.25) is 9.59 Å². The van der Waals surface area contributed by atoms with Crippen molar-refractivity contribution in [2.45, 2.75) is 45.1 Å². The molecule has 0 aliphatic rings. The van der Waals surface area contributed by atoms with Gasteiger partial charge < -0.3 is 20.1 Å². The molecule has 0 spiro atoms. The summed E-state index contributed by atoms with van der Waals surface area (Å²) >= 11 is 6.07. The van der Waals surface area contributed by atoms with Crippen molar-refractivity contribution in [3.63, 3.8) is 0 Å². The Hall–Kier alpha value is -3.37. The number of Topliss-reactive ketones (excluding diaryl/α,β-unsaturated/α-hetero) is 1. The van der Waals surface area contributed by atoms with Crippen LogP contribution in [0.3, 0.4) is 0 Å². The summed E-state index contributed by atoms with van der Waals surface area (Å²) in [4.78, 5) is 28.1. The van der Waals surface area contributed by atoms with Crippen LogP contribution in [0.1, 0.15) is 48.1 Å². The number of aromatic nitrogens is 2. The molecule has 198 valence electrons. The molecule has 11 heteroatoms. The summed E-state index contributed by atoms with van der Waals surface area (Å²) in [7, 11) is 1.74. The number of aliphatic hydroxyl groups is 1. The standard InChI is InChI=1S/C26H27ClF3N3O4/c1-14(34)25-32-21(13-33(25)3)17-6-4-16(5-7-17)10-19(24(31)36)12-22(35)18-8-9-23(20(27)11-18)37-15(2)26(28,29)30/h4-9,11,13,15,19,22,35H,10,12H2,1-3H3,(H2,31,36)/t15-,19+,22?/m1/s1. The SMILES string of the molecule is CC(=O)c1nc(-c2ccc(C[C@@H](CC(O)c3ccc(O[C@H](C)C(F)(F)F)c(Cl)c3)C(N)=O)cc2)cn1C. The van der Waals surface area contributed by atoms with Crippen LogP contribution in [0.2, 0.25) is 5.02 Å². The largest absolute Gasteiger partial charge is 0.480 e. The Labute approximate surface area is 217 Å². The van der Waals surface area contributed by atoms with E-state index in [0.29, 0.717) is 17.1 Å². The number of primary amides is 1. The van der Waals surface area contributed by atoms with Gasteiger partial charge in [-0.1, -0.05) is 41.9 Å². The lowest BCUT2D eigenvalue weighted by Crippen LogP contribution is -2.31. The van der Waals surface area contributed by atoms with Gasteiger partial charge in [0.05, 0.1) is 16.8 Å². The molecule has 0 bridgehead atoms. The molecule has 3 aromatic rings. The minimum Gasteiger partial charge on any atom is -0.480 e. The average molecular weight is 538 g/mol. The van der Waals surface area contributed by atoms with E-state index in [2.05, 4.69) is 4.98 Å². The predicted molar refractivity (Wildman–Crippen MR) is 132 cm³/mol. The zero-order chi connectivity index (χ0) is 27.5. The zero-order valence-electron chi connectivity index (χ0n) is 20.4. The molecule has 1 aromatic heterocycles. The van der Waals surface area contributed by atoms with Gasteiger partial charge in [0.2, 0.25) is 5.91 Å². The summed E-state index contributed by atoms with van der Waals surface area (Å²) in [5, 5.41) is 10.6. The minimum atomic E-state index is -4.55. The lowest BCUT2D eigenvalue weighted by atomic mass is 9.90. The number of rotatable bonds is 10. The molecule has 3 atom stereocenters. The normalized spacial score (nSPS) is 14.2. The number of alkyl halides is 3. The summed E-state index contributed by atoms with van der Waals surface area (Å²) < 4.78 is 44.8. The van der Waals surface area contributed by atoms with Crippen molar-refractivity contribution in [1.82, 2.24) is 9.55 Å². The van der Waals surface area contributed by atoms with E-state index in [-0.39, 0.29) is 29.4 Å². The molecule has 7 nitrogen and oxygen atoms in total. The number of benzene rings is 2. The van der Waals surface area contributed by atoms with Gasteiger partial charge in [-0.2, -0.15) is 13.2 Å². The molecule has 0 saturated carbocycles. The van der Waals surface area contributed by atoms with Crippen molar-refractivity contribution in [2.75, 3.05) is 0 Å². The monoisotopic (exact) mass is 537 g/mol. The van der Waals surface area contributed by atoms with Crippen molar-refractivity contribution in [3.8, 4) is 17.0 Å². The van der Waals surface area contributed by atoms with Gasteiger partial charge in [-0.25, -0.2) is 4.98 Å². The lowest BCUT2D eigenvalue weighted by Gasteiger charge is -2.21. The lowest BCUT2D eigenvalue weighted by molar-refractivity contribution is -0.189. The van der Waals surface area contributed by atoms with E-state index in [4.69, 9.17) is 22.1 Å². The van der Waals surface area contributed by atoms with Gasteiger partial charge >= 0.3 is 6.18 Å². The van der Waals surface area contributed by atoms with Crippen LogP contribution in [0.5, 0.6) is 5.75 Å². The Morgan fingerprint density at radius 1 is 1.19 bits per heavy atom. The summed E-state index contributed by atoms with van der Waals surface area (Å²) in [5.41, 5.74) is 8.12. The van der Waals surface area contributed by atoms with E-state index in [1.807, 2.05) is 24.3 Å². The summed E-state index contributed by atoms with van der Waals surface area (Å²) in [6.07, 6.45) is -5.76. The first-order valence-corrected chi connectivity index (χ1v) is 11.8. The van der Waals surface area contributed by atoms with E-state index in [9.17, 15) is 27.9 Å². The van der Waals surface area contributed by atoms with E-state index in [1.54, 1.807) is 17.8 Å². The predicted octanol–water partition coefficient (Wildman–Crippen LogP) is 5.04. The van der Waals surface area contributed by atoms with Crippen molar-refractivity contribution in [3.05, 3.63) is 70.6 Å². The van der Waals surface area contributed by atoms with Gasteiger partial charge in [-0.15, -0.1) is 0 Å². The van der Waals surface area contributed by atoms with Crippen LogP contribution in [0.15, 0.2) is 48.7 Å². The smallest absolute Gasteiger partial charge is 0.425 e. The molecular weight excluding hydrogens is 511 g/mol. The number of halogens is 4. The fraction of sp³-hybridized carbons (Fsp3) is 0.346. The summed E-state index contributed by atoms with van der Waals surface area (Å²) in [6.45, 7) is 2.31. The van der Waals surface area contributed by atoms with Crippen LogP contribution in [0, 0.1) is 5.92 Å². The van der Waals surface area contributed by atoms with Crippen molar-refractivity contribution in [2.24, 2.45) is 18.7 Å². The molecule has 3 N–H and O–H groups in total. The van der Waals surface area contributed by atoms with Crippen molar-refractivity contribution < 1.29 is 32.6 Å². The van der Waals surface area contributed by atoms with Gasteiger partial charge in [0.25, 0.3) is 0 Å². The fourth-order valence-corrected chi connectivity index (χ4v) is 4.05. The number of amides is 1. The maximum Gasteiger partial charge on any atom is 0.425 e. The zero-order valence-corrected chi connectivity index (χ0v) is 21.2. The van der Waals surface area contributed by atoms with Crippen LogP contribution in [-0.2, 0) is 18.3 Å². The molecule has 0 saturated heterocycles. The topological polar surface area (TPSA) is 107 Å². The van der Waals surface area contributed by atoms with Crippen LogP contribution in [0.4, 0.5) is 13.2 Å². The third-order valence-corrected chi connectivity index (χ3v) is 6.23. The Bertz CT molecular complexity index is 1280. The average Bonchev–Trinajstić information content (AvgIpc) is 3.21. The summed E-state index contributed by atoms with van der Waals surface area (Å²) in [5.74, 6) is -1.30. The van der Waals surface area contributed by atoms with Gasteiger partial charge in [0.1, 0.15) is 5.75 Å². The second-order valence-electron chi connectivity index (χ2n) is 8.86. The second-order valence-corrected chi connectivity index (χ2v) is 9.27. The minimum absolute atomic E-state index is 0.0191.